The molecule has 0 amide bonds. The van der Waals surface area contributed by atoms with E-state index in [1.807, 2.05) is 24.7 Å². The molecule has 1 aromatic heterocycles. The molecule has 0 N–H and O–H groups in total. The third kappa shape index (κ3) is 4.13. The molecule has 1 heterocycles. The summed E-state index contributed by atoms with van der Waals surface area (Å²) in [7, 11) is 1.47. The van der Waals surface area contributed by atoms with Crippen LogP contribution >= 0.6 is 0 Å². The molecule has 2 unspecified atom stereocenters. The number of hydrogen-bond acceptors (Lipinski definition) is 4. The van der Waals surface area contributed by atoms with Crippen LogP contribution in [0, 0.1) is 5.41 Å². The lowest BCUT2D eigenvalue weighted by Gasteiger charge is -2.32. The van der Waals surface area contributed by atoms with Crippen molar-refractivity contribution in [3.63, 3.8) is 0 Å². The van der Waals surface area contributed by atoms with E-state index in [1.54, 1.807) is 0 Å². The molecule has 1 aromatic carbocycles. The first-order valence-electron chi connectivity index (χ1n) is 10.5. The van der Waals surface area contributed by atoms with Gasteiger partial charge in [-0.3, -0.25) is 9.48 Å². The van der Waals surface area contributed by atoms with Gasteiger partial charge in [-0.15, -0.1) is 5.10 Å². The Morgan fingerprint density at radius 2 is 2.18 bits per heavy atom. The van der Waals surface area contributed by atoms with Crippen LogP contribution in [-0.2, 0) is 28.9 Å². The first kappa shape index (κ1) is 20.6. The average molecular weight is 384 g/mol. The Morgan fingerprint density at radius 3 is 2.89 bits per heavy atom. The normalized spacial score (nSPS) is 17.4. The largest absolute Gasteiger partial charge is 0.469 e. The van der Waals surface area contributed by atoms with Crippen LogP contribution < -0.4 is 0 Å². The van der Waals surface area contributed by atoms with Gasteiger partial charge in [-0.05, 0) is 62.1 Å². The van der Waals surface area contributed by atoms with E-state index in [0.717, 1.165) is 37.9 Å². The van der Waals surface area contributed by atoms with Gasteiger partial charge in [-0.1, -0.05) is 43.7 Å². The molecule has 3 rings (SSSR count). The van der Waals surface area contributed by atoms with E-state index in [0.29, 0.717) is 5.92 Å². The van der Waals surface area contributed by atoms with Gasteiger partial charge in [0.05, 0.1) is 18.2 Å². The minimum Gasteiger partial charge on any atom is -0.469 e. The summed E-state index contributed by atoms with van der Waals surface area (Å²) in [5, 5.41) is 8.52. The van der Waals surface area contributed by atoms with Crippen LogP contribution in [0.25, 0.3) is 0 Å². The summed E-state index contributed by atoms with van der Waals surface area (Å²) in [6.45, 7) is 9.14. The maximum absolute atomic E-state index is 12.6. The first-order chi connectivity index (χ1) is 13.4. The maximum atomic E-state index is 12.6. The zero-order valence-electron chi connectivity index (χ0n) is 17.9. The third-order valence-electron chi connectivity index (χ3n) is 6.27. The van der Waals surface area contributed by atoms with Crippen molar-refractivity contribution in [3.05, 3.63) is 46.8 Å². The van der Waals surface area contributed by atoms with Gasteiger partial charge in [0.25, 0.3) is 0 Å². The molecule has 0 radical (unpaired) electrons. The number of fused-ring (bicyclic) bond motifs is 1. The SMILES string of the molecule is CCCc1cn(CCC(c2ccc3c(c2)C(C)CC3)C(C)(C)C(=O)OC)nn1. The van der Waals surface area contributed by atoms with Crippen LogP contribution in [0.2, 0.25) is 0 Å². The van der Waals surface area contributed by atoms with Crippen LogP contribution in [-0.4, -0.2) is 28.1 Å². The molecule has 0 spiro atoms. The summed E-state index contributed by atoms with van der Waals surface area (Å²) in [4.78, 5) is 12.6. The highest BCUT2D eigenvalue weighted by Gasteiger charge is 2.39. The molecule has 2 aromatic rings. The van der Waals surface area contributed by atoms with Crippen molar-refractivity contribution < 1.29 is 9.53 Å². The quantitative estimate of drug-likeness (QED) is 0.623. The number of aryl methyl sites for hydroxylation is 3. The summed E-state index contributed by atoms with van der Waals surface area (Å²) in [6, 6.07) is 6.78. The fourth-order valence-corrected chi connectivity index (χ4v) is 4.47. The Kier molecular flexibility index (Phi) is 6.21. The number of nitrogens with zero attached hydrogens (tertiary/aromatic N) is 3. The Morgan fingerprint density at radius 1 is 1.39 bits per heavy atom. The number of ether oxygens (including phenoxy) is 1. The van der Waals surface area contributed by atoms with Crippen molar-refractivity contribution in [2.45, 2.75) is 78.2 Å². The fourth-order valence-electron chi connectivity index (χ4n) is 4.47. The molecular formula is C23H33N3O2. The lowest BCUT2D eigenvalue weighted by molar-refractivity contribution is -0.152. The summed E-state index contributed by atoms with van der Waals surface area (Å²) >= 11 is 0. The van der Waals surface area contributed by atoms with Crippen molar-refractivity contribution >= 4 is 5.97 Å². The van der Waals surface area contributed by atoms with E-state index in [-0.39, 0.29) is 11.9 Å². The molecule has 0 bridgehead atoms. The minimum atomic E-state index is -0.613. The number of rotatable bonds is 8. The average Bonchev–Trinajstić information content (AvgIpc) is 3.28. The molecule has 5 nitrogen and oxygen atoms in total. The number of hydrogen-bond donors (Lipinski definition) is 0. The Balaban J connectivity index is 1.87. The monoisotopic (exact) mass is 383 g/mol. The van der Waals surface area contributed by atoms with Crippen molar-refractivity contribution in [1.82, 2.24) is 15.0 Å². The molecular weight excluding hydrogens is 350 g/mol. The Bertz CT molecular complexity index is 825. The molecule has 0 aliphatic heterocycles. The van der Waals surface area contributed by atoms with E-state index in [1.165, 1.54) is 30.2 Å². The van der Waals surface area contributed by atoms with Gasteiger partial charge in [-0.25, -0.2) is 0 Å². The Hall–Kier alpha value is -2.17. The van der Waals surface area contributed by atoms with E-state index >= 15 is 0 Å². The van der Waals surface area contributed by atoms with Crippen LogP contribution in [0.15, 0.2) is 24.4 Å². The van der Waals surface area contributed by atoms with Crippen LogP contribution in [0.1, 0.15) is 81.2 Å². The molecule has 0 saturated carbocycles. The second kappa shape index (κ2) is 8.46. The van der Waals surface area contributed by atoms with Crippen molar-refractivity contribution in [1.29, 1.82) is 0 Å². The predicted octanol–water partition coefficient (Wildman–Crippen LogP) is 4.65. The standard InChI is InChI=1S/C23H33N3O2/c1-6-7-19-15-26(25-24-19)13-12-21(23(3,4)22(27)28-5)18-11-10-17-9-8-16(2)20(17)14-18/h10-11,14-16,21H,6-9,12-13H2,1-5H3. The minimum absolute atomic E-state index is 0.0527. The van der Waals surface area contributed by atoms with Gasteiger partial charge in [0.15, 0.2) is 0 Å². The molecule has 0 saturated heterocycles. The molecule has 1 aliphatic rings. The summed E-state index contributed by atoms with van der Waals surface area (Å²) in [5.74, 6) is 0.469. The zero-order chi connectivity index (χ0) is 20.3. The van der Waals surface area contributed by atoms with Gasteiger partial charge >= 0.3 is 5.97 Å². The molecule has 28 heavy (non-hydrogen) atoms. The highest BCUT2D eigenvalue weighted by molar-refractivity contribution is 5.77. The maximum Gasteiger partial charge on any atom is 0.311 e. The molecule has 2 atom stereocenters. The molecule has 1 aliphatic carbocycles. The van der Waals surface area contributed by atoms with Crippen LogP contribution in [0.4, 0.5) is 0 Å². The molecule has 152 valence electrons. The highest BCUT2D eigenvalue weighted by atomic mass is 16.5. The summed E-state index contributed by atoms with van der Waals surface area (Å²) in [6.07, 6.45) is 7.20. The topological polar surface area (TPSA) is 57.0 Å². The number of carbonyl (C=O) groups excluding carboxylic acids is 1. The number of aromatic nitrogens is 3. The van der Waals surface area contributed by atoms with Crippen LogP contribution in [0.5, 0.6) is 0 Å². The highest BCUT2D eigenvalue weighted by Crippen LogP contribution is 2.42. The van der Waals surface area contributed by atoms with E-state index < -0.39 is 5.41 Å². The van der Waals surface area contributed by atoms with Gasteiger partial charge in [0, 0.05) is 18.7 Å². The summed E-state index contributed by atoms with van der Waals surface area (Å²) in [5.41, 5.74) is 4.52. The van der Waals surface area contributed by atoms with Crippen molar-refractivity contribution in [2.75, 3.05) is 7.11 Å². The molecule has 5 heteroatoms. The van der Waals surface area contributed by atoms with Crippen LogP contribution in [0.3, 0.4) is 0 Å². The van der Waals surface area contributed by atoms with E-state index in [4.69, 9.17) is 4.74 Å². The van der Waals surface area contributed by atoms with Crippen molar-refractivity contribution in [3.8, 4) is 0 Å². The predicted molar refractivity (Wildman–Crippen MR) is 110 cm³/mol. The van der Waals surface area contributed by atoms with E-state index in [9.17, 15) is 4.79 Å². The summed E-state index contributed by atoms with van der Waals surface area (Å²) < 4.78 is 7.05. The van der Waals surface area contributed by atoms with Gasteiger partial charge < -0.3 is 4.74 Å². The second-order valence-electron chi connectivity index (χ2n) is 8.68. The van der Waals surface area contributed by atoms with E-state index in [2.05, 4.69) is 42.4 Å². The number of carbonyl (C=O) groups is 1. The third-order valence-corrected chi connectivity index (χ3v) is 6.27. The smallest absolute Gasteiger partial charge is 0.311 e. The van der Waals surface area contributed by atoms with Crippen molar-refractivity contribution in [2.24, 2.45) is 5.41 Å². The first-order valence-corrected chi connectivity index (χ1v) is 10.5. The van der Waals surface area contributed by atoms with Gasteiger partial charge in [0.2, 0.25) is 0 Å². The fraction of sp³-hybridized carbons (Fsp3) is 0.609. The second-order valence-corrected chi connectivity index (χ2v) is 8.68. The number of benzene rings is 1. The number of methoxy groups -OCH3 is 1. The van der Waals surface area contributed by atoms with Gasteiger partial charge in [-0.2, -0.15) is 0 Å². The lowest BCUT2D eigenvalue weighted by Crippen LogP contribution is -2.33. The zero-order valence-corrected chi connectivity index (χ0v) is 17.9. The number of esters is 1. The molecule has 0 fully saturated rings. The lowest BCUT2D eigenvalue weighted by atomic mass is 9.72. The van der Waals surface area contributed by atoms with Gasteiger partial charge in [0.1, 0.15) is 0 Å². The Labute approximate surface area is 168 Å².